The van der Waals surface area contributed by atoms with Crippen LogP contribution in [-0.2, 0) is 4.79 Å². The third kappa shape index (κ3) is 2.62. The lowest BCUT2D eigenvalue weighted by molar-refractivity contribution is -0.118. The summed E-state index contributed by atoms with van der Waals surface area (Å²) in [4.78, 5) is 12.1. The summed E-state index contributed by atoms with van der Waals surface area (Å²) in [7, 11) is 0. The van der Waals surface area contributed by atoms with Crippen LogP contribution in [0.25, 0.3) is 0 Å². The monoisotopic (exact) mass is 244 g/mol. The van der Waals surface area contributed by atoms with Gasteiger partial charge in [-0.05, 0) is 38.3 Å². The highest BCUT2D eigenvalue weighted by Gasteiger charge is 2.23. The van der Waals surface area contributed by atoms with E-state index in [1.54, 1.807) is 0 Å². The van der Waals surface area contributed by atoms with E-state index in [0.717, 1.165) is 16.8 Å². The number of rotatable bonds is 2. The van der Waals surface area contributed by atoms with Crippen LogP contribution < -0.4 is 11.1 Å². The molecule has 2 atom stereocenters. The average Bonchev–Trinajstić information content (AvgIpc) is 2.70. The van der Waals surface area contributed by atoms with Crippen molar-refractivity contribution in [3.63, 3.8) is 0 Å². The molecule has 0 fully saturated rings. The van der Waals surface area contributed by atoms with Crippen LogP contribution in [-0.4, -0.2) is 11.9 Å². The number of aryl methyl sites for hydroxylation is 3. The van der Waals surface area contributed by atoms with Gasteiger partial charge in [0.05, 0.1) is 5.92 Å². The van der Waals surface area contributed by atoms with Crippen LogP contribution in [0.2, 0.25) is 0 Å². The van der Waals surface area contributed by atoms with E-state index < -0.39 is 0 Å². The number of carbonyl (C=O) groups is 1. The van der Waals surface area contributed by atoms with Crippen LogP contribution >= 0.6 is 0 Å². The van der Waals surface area contributed by atoms with E-state index in [9.17, 15) is 4.79 Å². The summed E-state index contributed by atoms with van der Waals surface area (Å²) in [6.45, 7) is 6.10. The van der Waals surface area contributed by atoms with Crippen LogP contribution in [0.4, 0.5) is 5.69 Å². The van der Waals surface area contributed by atoms with E-state index in [1.165, 1.54) is 5.56 Å². The number of anilines is 1. The fourth-order valence-corrected chi connectivity index (χ4v) is 2.51. The van der Waals surface area contributed by atoms with Gasteiger partial charge in [-0.2, -0.15) is 0 Å². The van der Waals surface area contributed by atoms with Crippen LogP contribution in [0, 0.1) is 26.7 Å². The Hall–Kier alpha value is -1.61. The number of amides is 1. The molecule has 1 aromatic rings. The van der Waals surface area contributed by atoms with Crippen molar-refractivity contribution in [2.45, 2.75) is 33.2 Å². The molecule has 96 valence electrons. The Labute approximate surface area is 108 Å². The maximum absolute atomic E-state index is 12.1. The van der Waals surface area contributed by atoms with Crippen molar-refractivity contribution in [3.05, 3.63) is 41.0 Å². The highest BCUT2D eigenvalue weighted by Crippen LogP contribution is 2.24. The fourth-order valence-electron chi connectivity index (χ4n) is 2.51. The summed E-state index contributed by atoms with van der Waals surface area (Å²) in [6, 6.07) is 4.18. The number of benzene rings is 1. The Morgan fingerprint density at radius 2 is 1.83 bits per heavy atom. The summed E-state index contributed by atoms with van der Waals surface area (Å²) >= 11 is 0. The minimum atomic E-state index is -0.0971. The first kappa shape index (κ1) is 12.8. The summed E-state index contributed by atoms with van der Waals surface area (Å²) in [6.07, 6.45) is 4.51. The molecule has 2 rings (SSSR count). The number of hydrogen-bond donors (Lipinski definition) is 2. The fraction of sp³-hybridized carbons (Fsp3) is 0.400. The van der Waals surface area contributed by atoms with Gasteiger partial charge in [-0.25, -0.2) is 0 Å². The van der Waals surface area contributed by atoms with Gasteiger partial charge in [-0.15, -0.1) is 0 Å². The molecule has 1 amide bonds. The lowest BCUT2D eigenvalue weighted by atomic mass is 10.0. The van der Waals surface area contributed by atoms with Gasteiger partial charge in [0.2, 0.25) is 5.91 Å². The zero-order chi connectivity index (χ0) is 13.3. The second kappa shape index (κ2) is 4.94. The normalized spacial score (nSPS) is 22.2. The van der Waals surface area contributed by atoms with Crippen molar-refractivity contribution >= 4 is 11.6 Å². The lowest BCUT2D eigenvalue weighted by Gasteiger charge is -2.15. The predicted octanol–water partition coefficient (Wildman–Crippen LogP) is 2.45. The standard InChI is InChI=1S/C15H20N2O/c1-9-6-10(2)14(11(3)7-9)17-15(18)12-4-5-13(16)8-12/h4-7,12-13H,8,16H2,1-3H3,(H,17,18). The molecule has 3 N–H and O–H groups in total. The molecule has 0 heterocycles. The third-order valence-corrected chi connectivity index (χ3v) is 3.38. The van der Waals surface area contributed by atoms with Gasteiger partial charge in [0.25, 0.3) is 0 Å². The number of carbonyl (C=O) groups excluding carboxylic acids is 1. The largest absolute Gasteiger partial charge is 0.325 e. The topological polar surface area (TPSA) is 55.1 Å². The maximum atomic E-state index is 12.1. The van der Waals surface area contributed by atoms with Crippen LogP contribution in [0.5, 0.6) is 0 Å². The quantitative estimate of drug-likeness (QED) is 0.785. The Morgan fingerprint density at radius 1 is 1.22 bits per heavy atom. The molecule has 1 aliphatic rings. The second-order valence-electron chi connectivity index (χ2n) is 5.15. The molecule has 0 saturated heterocycles. The summed E-state index contributed by atoms with van der Waals surface area (Å²) in [5.74, 6) is -0.0608. The molecular weight excluding hydrogens is 224 g/mol. The molecule has 1 aromatic carbocycles. The number of nitrogens with two attached hydrogens (primary N) is 1. The molecule has 1 aliphatic carbocycles. The van der Waals surface area contributed by atoms with E-state index >= 15 is 0 Å². The summed E-state index contributed by atoms with van der Waals surface area (Å²) in [5, 5.41) is 3.02. The Morgan fingerprint density at radius 3 is 2.33 bits per heavy atom. The molecular formula is C15H20N2O. The highest BCUT2D eigenvalue weighted by molar-refractivity contribution is 5.95. The Bertz CT molecular complexity index is 482. The Balaban J connectivity index is 2.15. The Kier molecular flexibility index (Phi) is 3.53. The zero-order valence-electron chi connectivity index (χ0n) is 11.2. The second-order valence-corrected chi connectivity index (χ2v) is 5.15. The molecule has 0 aliphatic heterocycles. The van der Waals surface area contributed by atoms with Crippen molar-refractivity contribution in [1.29, 1.82) is 0 Å². The van der Waals surface area contributed by atoms with E-state index in [4.69, 9.17) is 5.73 Å². The molecule has 0 saturated carbocycles. The molecule has 18 heavy (non-hydrogen) atoms. The third-order valence-electron chi connectivity index (χ3n) is 3.38. The van der Waals surface area contributed by atoms with Crippen molar-refractivity contribution in [3.8, 4) is 0 Å². The minimum Gasteiger partial charge on any atom is -0.325 e. The zero-order valence-corrected chi connectivity index (χ0v) is 11.2. The van der Waals surface area contributed by atoms with Crippen molar-refractivity contribution in [1.82, 2.24) is 0 Å². The van der Waals surface area contributed by atoms with Crippen molar-refractivity contribution in [2.75, 3.05) is 5.32 Å². The van der Waals surface area contributed by atoms with Gasteiger partial charge in [-0.3, -0.25) is 4.79 Å². The lowest BCUT2D eigenvalue weighted by Crippen LogP contribution is -2.24. The van der Waals surface area contributed by atoms with E-state index in [-0.39, 0.29) is 17.9 Å². The first-order valence-electron chi connectivity index (χ1n) is 6.30. The molecule has 3 nitrogen and oxygen atoms in total. The van der Waals surface area contributed by atoms with Gasteiger partial charge in [-0.1, -0.05) is 29.8 Å². The van der Waals surface area contributed by atoms with Crippen LogP contribution in [0.1, 0.15) is 23.1 Å². The number of hydrogen-bond acceptors (Lipinski definition) is 2. The van der Waals surface area contributed by atoms with E-state index in [0.29, 0.717) is 6.42 Å². The van der Waals surface area contributed by atoms with Gasteiger partial charge in [0, 0.05) is 11.7 Å². The summed E-state index contributed by atoms with van der Waals surface area (Å²) in [5.41, 5.74) is 10.1. The minimum absolute atomic E-state index is 0.0148. The molecule has 0 bridgehead atoms. The maximum Gasteiger partial charge on any atom is 0.231 e. The number of nitrogens with one attached hydrogen (secondary N) is 1. The molecule has 0 spiro atoms. The first-order chi connectivity index (χ1) is 8.47. The van der Waals surface area contributed by atoms with Crippen LogP contribution in [0.3, 0.4) is 0 Å². The molecule has 3 heteroatoms. The van der Waals surface area contributed by atoms with Gasteiger partial charge in [0.15, 0.2) is 0 Å². The smallest absolute Gasteiger partial charge is 0.231 e. The molecule has 0 aromatic heterocycles. The van der Waals surface area contributed by atoms with Crippen molar-refractivity contribution < 1.29 is 4.79 Å². The van der Waals surface area contributed by atoms with Gasteiger partial charge < -0.3 is 11.1 Å². The van der Waals surface area contributed by atoms with E-state index in [2.05, 4.69) is 24.4 Å². The van der Waals surface area contributed by atoms with Gasteiger partial charge >= 0.3 is 0 Å². The first-order valence-corrected chi connectivity index (χ1v) is 6.30. The van der Waals surface area contributed by atoms with Gasteiger partial charge in [0.1, 0.15) is 0 Å². The van der Waals surface area contributed by atoms with Crippen molar-refractivity contribution in [2.24, 2.45) is 11.7 Å². The summed E-state index contributed by atoms with van der Waals surface area (Å²) < 4.78 is 0. The SMILES string of the molecule is Cc1cc(C)c(NC(=O)C2C=CC(N)C2)c(C)c1. The molecule has 0 radical (unpaired) electrons. The average molecular weight is 244 g/mol. The highest BCUT2D eigenvalue weighted by atomic mass is 16.1. The van der Waals surface area contributed by atoms with Crippen LogP contribution in [0.15, 0.2) is 24.3 Å². The predicted molar refractivity (Wildman–Crippen MR) is 74.5 cm³/mol. The molecule has 2 unspecified atom stereocenters. The van der Waals surface area contributed by atoms with E-state index in [1.807, 2.05) is 26.0 Å².